The Labute approximate surface area is 95.9 Å². The van der Waals surface area contributed by atoms with Gasteiger partial charge in [0, 0.05) is 6.20 Å². The van der Waals surface area contributed by atoms with Gasteiger partial charge in [0.05, 0.1) is 11.7 Å². The number of carboxylic acids is 1. The van der Waals surface area contributed by atoms with Crippen molar-refractivity contribution in [3.8, 4) is 0 Å². The van der Waals surface area contributed by atoms with Crippen LogP contribution in [0.2, 0.25) is 0 Å². The molecule has 0 aliphatic heterocycles. The van der Waals surface area contributed by atoms with E-state index in [2.05, 4.69) is 25.9 Å². The summed E-state index contributed by atoms with van der Waals surface area (Å²) in [5, 5.41) is 8.81. The molecule has 0 atom stereocenters. The summed E-state index contributed by atoms with van der Waals surface area (Å²) in [5.74, 6) is -1.64. The molecule has 8 heteroatoms. The van der Waals surface area contributed by atoms with Gasteiger partial charge in [-0.3, -0.25) is 9.38 Å². The maximum absolute atomic E-state index is 12.4. The third-order valence-corrected chi connectivity index (χ3v) is 2.50. The van der Waals surface area contributed by atoms with Gasteiger partial charge in [-0.05, 0) is 15.9 Å². The largest absolute Gasteiger partial charge is 0.475 e. The highest BCUT2D eigenvalue weighted by Crippen LogP contribution is 2.22. The zero-order chi connectivity index (χ0) is 11.9. The number of aromatic nitrogens is 3. The highest BCUT2D eigenvalue weighted by atomic mass is 79.9. The van der Waals surface area contributed by atoms with Crippen molar-refractivity contribution >= 4 is 27.4 Å². The quantitative estimate of drug-likeness (QED) is 0.920. The summed E-state index contributed by atoms with van der Waals surface area (Å²) < 4.78 is 26.1. The molecule has 2 aromatic heterocycles. The molecule has 0 amide bonds. The highest BCUT2D eigenvalue weighted by molar-refractivity contribution is 9.10. The Morgan fingerprint density at radius 3 is 2.81 bits per heavy atom. The number of halogens is 3. The molecule has 0 bridgehead atoms. The van der Waals surface area contributed by atoms with E-state index >= 15 is 0 Å². The molecule has 2 aromatic rings. The van der Waals surface area contributed by atoms with Gasteiger partial charge in [0.25, 0.3) is 6.43 Å². The Balaban J connectivity index is 2.74. The number of imidazole rings is 1. The number of carbonyl (C=O) groups is 1. The monoisotopic (exact) mass is 291 g/mol. The average Bonchev–Trinajstić information content (AvgIpc) is 2.56. The summed E-state index contributed by atoms with van der Waals surface area (Å²) in [5.41, 5.74) is -0.179. The predicted molar refractivity (Wildman–Crippen MR) is 52.6 cm³/mol. The Bertz CT molecular complexity index is 570. The lowest BCUT2D eigenvalue weighted by atomic mass is 10.4. The third-order valence-electron chi connectivity index (χ3n) is 1.92. The van der Waals surface area contributed by atoms with Gasteiger partial charge in [0.2, 0.25) is 5.82 Å². The Morgan fingerprint density at radius 1 is 1.56 bits per heavy atom. The number of nitrogens with zero attached hydrogens (tertiary/aromatic N) is 3. The van der Waals surface area contributed by atoms with Crippen LogP contribution in [0.15, 0.2) is 17.0 Å². The van der Waals surface area contributed by atoms with E-state index in [1.165, 1.54) is 0 Å². The lowest BCUT2D eigenvalue weighted by molar-refractivity contribution is 0.0682. The first-order valence-electron chi connectivity index (χ1n) is 4.05. The summed E-state index contributed by atoms with van der Waals surface area (Å²) in [6.07, 6.45) is -0.654. The van der Waals surface area contributed by atoms with Crippen molar-refractivity contribution in [2.75, 3.05) is 0 Å². The van der Waals surface area contributed by atoms with Gasteiger partial charge >= 0.3 is 5.97 Å². The lowest BCUT2D eigenvalue weighted by Gasteiger charge is -2.00. The molecule has 0 fully saturated rings. The smallest absolute Gasteiger partial charge is 0.372 e. The molecule has 0 radical (unpaired) electrons. The zero-order valence-corrected chi connectivity index (χ0v) is 9.15. The van der Waals surface area contributed by atoms with Crippen molar-refractivity contribution < 1.29 is 18.7 Å². The van der Waals surface area contributed by atoms with Crippen LogP contribution in [0.1, 0.15) is 22.7 Å². The van der Waals surface area contributed by atoms with E-state index in [-0.39, 0.29) is 10.4 Å². The van der Waals surface area contributed by atoms with Gasteiger partial charge in [0.1, 0.15) is 10.3 Å². The molecular weight excluding hydrogens is 288 g/mol. The van der Waals surface area contributed by atoms with Gasteiger partial charge in [-0.1, -0.05) is 0 Å². The number of hydrogen-bond acceptors (Lipinski definition) is 3. The van der Waals surface area contributed by atoms with Crippen LogP contribution >= 0.6 is 15.9 Å². The van der Waals surface area contributed by atoms with Crippen molar-refractivity contribution in [3.63, 3.8) is 0 Å². The topological polar surface area (TPSA) is 67.5 Å². The van der Waals surface area contributed by atoms with E-state index in [0.717, 1.165) is 16.8 Å². The fourth-order valence-corrected chi connectivity index (χ4v) is 1.69. The Kier molecular flexibility index (Phi) is 2.58. The number of carboxylic acid groups (broad SMARTS) is 1. The van der Waals surface area contributed by atoms with Crippen LogP contribution in [-0.2, 0) is 0 Å². The van der Waals surface area contributed by atoms with Crippen LogP contribution < -0.4 is 0 Å². The second-order valence-electron chi connectivity index (χ2n) is 2.90. The molecule has 0 aromatic carbocycles. The van der Waals surface area contributed by atoms with Crippen LogP contribution in [0.25, 0.3) is 5.52 Å². The molecule has 84 valence electrons. The summed E-state index contributed by atoms with van der Waals surface area (Å²) in [7, 11) is 0. The van der Waals surface area contributed by atoms with Gasteiger partial charge in [-0.25, -0.2) is 18.6 Å². The number of rotatable bonds is 2. The lowest BCUT2D eigenvalue weighted by Crippen LogP contribution is -2.05. The van der Waals surface area contributed by atoms with Crippen LogP contribution in [0, 0.1) is 0 Å². The van der Waals surface area contributed by atoms with E-state index in [0.29, 0.717) is 5.52 Å². The fourth-order valence-electron chi connectivity index (χ4n) is 1.23. The number of alkyl halides is 2. The summed E-state index contributed by atoms with van der Waals surface area (Å²) >= 11 is 3.02. The molecule has 0 saturated carbocycles. The fraction of sp³-hybridized carbons (Fsp3) is 0.125. The Hall–Kier alpha value is -1.57. The molecule has 0 saturated heterocycles. The first kappa shape index (κ1) is 10.9. The highest BCUT2D eigenvalue weighted by Gasteiger charge is 2.18. The summed E-state index contributed by atoms with van der Waals surface area (Å²) in [6, 6.07) is 0. The SMILES string of the molecule is O=C(O)c1nc(Br)c2cnc(C(F)F)cn12. The van der Waals surface area contributed by atoms with Crippen molar-refractivity contribution in [3.05, 3.63) is 28.5 Å². The van der Waals surface area contributed by atoms with Crippen molar-refractivity contribution in [2.24, 2.45) is 0 Å². The van der Waals surface area contributed by atoms with Gasteiger partial charge in [-0.2, -0.15) is 0 Å². The molecule has 5 nitrogen and oxygen atoms in total. The first-order valence-corrected chi connectivity index (χ1v) is 4.85. The number of aromatic carboxylic acids is 1. The molecule has 2 heterocycles. The van der Waals surface area contributed by atoms with Crippen molar-refractivity contribution in [1.29, 1.82) is 0 Å². The molecule has 0 spiro atoms. The third kappa shape index (κ3) is 1.64. The van der Waals surface area contributed by atoms with Crippen LogP contribution in [0.3, 0.4) is 0 Å². The van der Waals surface area contributed by atoms with Crippen LogP contribution in [-0.4, -0.2) is 25.4 Å². The Morgan fingerprint density at radius 2 is 2.25 bits per heavy atom. The van der Waals surface area contributed by atoms with Crippen molar-refractivity contribution in [1.82, 2.24) is 14.4 Å². The van der Waals surface area contributed by atoms with E-state index < -0.39 is 18.1 Å². The van der Waals surface area contributed by atoms with Gasteiger partial charge < -0.3 is 5.11 Å². The minimum absolute atomic E-state index is 0.248. The van der Waals surface area contributed by atoms with Gasteiger partial charge in [-0.15, -0.1) is 0 Å². The molecule has 0 aliphatic carbocycles. The molecule has 16 heavy (non-hydrogen) atoms. The minimum atomic E-state index is -2.76. The van der Waals surface area contributed by atoms with Crippen LogP contribution in [0.4, 0.5) is 8.78 Å². The number of fused-ring (bicyclic) bond motifs is 1. The average molecular weight is 292 g/mol. The van der Waals surface area contributed by atoms with Gasteiger partial charge in [0.15, 0.2) is 0 Å². The number of hydrogen-bond donors (Lipinski definition) is 1. The minimum Gasteiger partial charge on any atom is -0.475 e. The summed E-state index contributed by atoms with van der Waals surface area (Å²) in [4.78, 5) is 18.0. The van der Waals surface area contributed by atoms with Crippen molar-refractivity contribution in [2.45, 2.75) is 6.43 Å². The second kappa shape index (κ2) is 3.78. The normalized spacial score (nSPS) is 11.2. The maximum Gasteiger partial charge on any atom is 0.372 e. The molecule has 0 aliphatic rings. The first-order chi connectivity index (χ1) is 7.50. The summed E-state index contributed by atoms with van der Waals surface area (Å²) in [6.45, 7) is 0. The maximum atomic E-state index is 12.4. The second-order valence-corrected chi connectivity index (χ2v) is 3.65. The van der Waals surface area contributed by atoms with E-state index in [4.69, 9.17) is 5.11 Å². The molecular formula is C8H4BrF2N3O2. The predicted octanol–water partition coefficient (Wildman–Crippen LogP) is 2.13. The van der Waals surface area contributed by atoms with E-state index in [1.54, 1.807) is 0 Å². The zero-order valence-electron chi connectivity index (χ0n) is 7.56. The standard InChI is InChI=1S/C8H4BrF2N3O2/c9-5-4-1-12-3(6(10)11)2-14(4)7(13-5)8(15)16/h1-2,6H,(H,15,16). The molecule has 0 unspecified atom stereocenters. The molecule has 1 N–H and O–H groups in total. The van der Waals surface area contributed by atoms with E-state index in [1.807, 2.05) is 0 Å². The van der Waals surface area contributed by atoms with E-state index in [9.17, 15) is 13.6 Å². The molecule has 2 rings (SSSR count). The van der Waals surface area contributed by atoms with Crippen LogP contribution in [0.5, 0.6) is 0 Å².